The van der Waals surface area contributed by atoms with E-state index in [2.05, 4.69) is 50.8 Å². The standard InChI is InChI=1S/C26H29F3N6/c1-3-24-31-15-18(5-4-10-26(27,28)29)25(34-24)33-20-8-11-35(12-9-20)16-19-6-7-23-22(17(19)2)13-21(14-30)32-23/h3,6-7,13,15,20,32H,1,4-5,8-12,16H2,2H3,(H,31,33,34). The quantitative estimate of drug-likeness (QED) is 0.428. The van der Waals surface area contributed by atoms with E-state index in [4.69, 9.17) is 5.26 Å². The second kappa shape index (κ2) is 10.5. The number of alkyl halides is 3. The lowest BCUT2D eigenvalue weighted by Crippen LogP contribution is -2.39. The van der Waals surface area contributed by atoms with Gasteiger partial charge in [-0.25, -0.2) is 9.97 Å². The van der Waals surface area contributed by atoms with Gasteiger partial charge in [-0.2, -0.15) is 18.4 Å². The van der Waals surface area contributed by atoms with Crippen LogP contribution in [0.3, 0.4) is 0 Å². The number of H-pyrrole nitrogens is 1. The van der Waals surface area contributed by atoms with Crippen molar-refractivity contribution in [3.63, 3.8) is 0 Å². The number of likely N-dealkylation sites (tertiary alicyclic amines) is 1. The molecule has 0 spiro atoms. The molecule has 184 valence electrons. The van der Waals surface area contributed by atoms with Crippen LogP contribution < -0.4 is 5.32 Å². The fourth-order valence-corrected chi connectivity index (χ4v) is 4.60. The van der Waals surface area contributed by atoms with E-state index in [0.29, 0.717) is 22.9 Å². The molecule has 35 heavy (non-hydrogen) atoms. The number of fused-ring (bicyclic) bond motifs is 1. The molecule has 1 saturated heterocycles. The molecule has 1 aliphatic heterocycles. The summed E-state index contributed by atoms with van der Waals surface area (Å²) in [6, 6.07) is 8.39. The van der Waals surface area contributed by atoms with Gasteiger partial charge in [-0.15, -0.1) is 0 Å². The first-order valence-electron chi connectivity index (χ1n) is 11.8. The third-order valence-electron chi connectivity index (χ3n) is 6.60. The largest absolute Gasteiger partial charge is 0.389 e. The van der Waals surface area contributed by atoms with Crippen LogP contribution in [0.4, 0.5) is 19.0 Å². The summed E-state index contributed by atoms with van der Waals surface area (Å²) in [4.78, 5) is 14.2. The molecule has 6 nitrogen and oxygen atoms in total. The summed E-state index contributed by atoms with van der Waals surface area (Å²) in [5, 5.41) is 13.7. The number of nitrogens with one attached hydrogen (secondary N) is 2. The average Bonchev–Trinajstić information content (AvgIpc) is 3.26. The number of hydrogen-bond donors (Lipinski definition) is 2. The van der Waals surface area contributed by atoms with Crippen LogP contribution in [0.1, 0.15) is 53.9 Å². The predicted octanol–water partition coefficient (Wildman–Crippen LogP) is 5.74. The Labute approximate surface area is 202 Å². The Morgan fingerprint density at radius 1 is 1.29 bits per heavy atom. The van der Waals surface area contributed by atoms with Crippen molar-refractivity contribution in [3.8, 4) is 6.07 Å². The normalized spacial score (nSPS) is 15.3. The highest BCUT2D eigenvalue weighted by atomic mass is 19.4. The Morgan fingerprint density at radius 2 is 2.06 bits per heavy atom. The number of nitriles is 1. The molecule has 0 saturated carbocycles. The van der Waals surface area contributed by atoms with Crippen molar-refractivity contribution in [1.29, 1.82) is 5.26 Å². The first-order chi connectivity index (χ1) is 16.8. The van der Waals surface area contributed by atoms with Gasteiger partial charge in [0.15, 0.2) is 5.82 Å². The molecule has 9 heteroatoms. The molecule has 4 rings (SSSR count). The van der Waals surface area contributed by atoms with Crippen molar-refractivity contribution < 1.29 is 13.2 Å². The third kappa shape index (κ3) is 6.20. The maximum atomic E-state index is 12.6. The number of anilines is 1. The minimum atomic E-state index is -4.16. The molecule has 3 heterocycles. The summed E-state index contributed by atoms with van der Waals surface area (Å²) in [6.07, 6.45) is 0.246. The number of piperidine rings is 1. The Balaban J connectivity index is 1.37. The number of halogens is 3. The lowest BCUT2D eigenvalue weighted by molar-refractivity contribution is -0.135. The third-order valence-corrected chi connectivity index (χ3v) is 6.60. The first kappa shape index (κ1) is 24.7. The summed E-state index contributed by atoms with van der Waals surface area (Å²) in [7, 11) is 0. The fourth-order valence-electron chi connectivity index (χ4n) is 4.60. The molecule has 2 aromatic heterocycles. The Morgan fingerprint density at radius 3 is 2.74 bits per heavy atom. The SMILES string of the molecule is C=Cc1ncc(CCCC(F)(F)F)c(NC2CCN(Cc3ccc4[nH]c(C#N)cc4c3C)CC2)n1. The molecule has 3 aromatic rings. The number of rotatable bonds is 8. The number of benzene rings is 1. The van der Waals surface area contributed by atoms with Gasteiger partial charge in [0.25, 0.3) is 0 Å². The van der Waals surface area contributed by atoms with Crippen LogP contribution in [0.25, 0.3) is 17.0 Å². The van der Waals surface area contributed by atoms with E-state index in [-0.39, 0.29) is 18.9 Å². The lowest BCUT2D eigenvalue weighted by Gasteiger charge is -2.33. The van der Waals surface area contributed by atoms with Crippen molar-refractivity contribution in [3.05, 3.63) is 59.2 Å². The smallest absolute Gasteiger partial charge is 0.367 e. The van der Waals surface area contributed by atoms with E-state index in [1.807, 2.05) is 12.1 Å². The molecule has 2 N–H and O–H groups in total. The van der Waals surface area contributed by atoms with Gasteiger partial charge in [0.1, 0.15) is 17.6 Å². The van der Waals surface area contributed by atoms with Gasteiger partial charge in [-0.3, -0.25) is 4.90 Å². The zero-order valence-electron chi connectivity index (χ0n) is 19.8. The van der Waals surface area contributed by atoms with Gasteiger partial charge < -0.3 is 10.3 Å². The molecular weight excluding hydrogens is 453 g/mol. The van der Waals surface area contributed by atoms with Gasteiger partial charge in [-0.05, 0) is 61.9 Å². The minimum absolute atomic E-state index is 0.00805. The van der Waals surface area contributed by atoms with Crippen LogP contribution in [0.15, 0.2) is 31.0 Å². The molecule has 0 atom stereocenters. The van der Waals surface area contributed by atoms with Crippen LogP contribution in [0.5, 0.6) is 0 Å². The number of nitrogens with zero attached hydrogens (tertiary/aromatic N) is 4. The molecule has 1 aromatic carbocycles. The van der Waals surface area contributed by atoms with Crippen molar-refractivity contribution in [2.75, 3.05) is 18.4 Å². The van der Waals surface area contributed by atoms with E-state index >= 15 is 0 Å². The number of aromatic amines is 1. The Kier molecular flexibility index (Phi) is 7.41. The predicted molar refractivity (Wildman–Crippen MR) is 131 cm³/mol. The van der Waals surface area contributed by atoms with Crippen LogP contribution in [0.2, 0.25) is 0 Å². The highest BCUT2D eigenvalue weighted by Gasteiger charge is 2.27. The monoisotopic (exact) mass is 482 g/mol. The summed E-state index contributed by atoms with van der Waals surface area (Å²) in [5.74, 6) is 1.07. The topological polar surface area (TPSA) is 80.6 Å². The molecule has 1 fully saturated rings. The number of aryl methyl sites for hydroxylation is 2. The zero-order valence-corrected chi connectivity index (χ0v) is 19.8. The average molecular weight is 483 g/mol. The molecule has 0 unspecified atom stereocenters. The molecule has 0 aliphatic carbocycles. The highest BCUT2D eigenvalue weighted by Crippen LogP contribution is 2.27. The van der Waals surface area contributed by atoms with Gasteiger partial charge in [0, 0.05) is 54.8 Å². The second-order valence-corrected chi connectivity index (χ2v) is 9.08. The fraction of sp³-hybridized carbons (Fsp3) is 0.423. The van der Waals surface area contributed by atoms with Crippen LogP contribution >= 0.6 is 0 Å². The molecule has 1 aliphatic rings. The van der Waals surface area contributed by atoms with Gasteiger partial charge >= 0.3 is 6.18 Å². The molecule has 0 radical (unpaired) electrons. The number of aromatic nitrogens is 3. The van der Waals surface area contributed by atoms with Crippen molar-refractivity contribution in [1.82, 2.24) is 19.9 Å². The highest BCUT2D eigenvalue weighted by molar-refractivity contribution is 5.85. The van der Waals surface area contributed by atoms with Crippen molar-refractivity contribution in [2.24, 2.45) is 0 Å². The first-order valence-corrected chi connectivity index (χ1v) is 11.8. The van der Waals surface area contributed by atoms with E-state index in [9.17, 15) is 13.2 Å². The lowest BCUT2D eigenvalue weighted by atomic mass is 10.0. The summed E-state index contributed by atoms with van der Waals surface area (Å²) >= 11 is 0. The van der Waals surface area contributed by atoms with Crippen LogP contribution in [-0.4, -0.2) is 45.2 Å². The Bertz CT molecular complexity index is 1230. The van der Waals surface area contributed by atoms with Gasteiger partial charge in [0.2, 0.25) is 0 Å². The maximum absolute atomic E-state index is 12.6. The van der Waals surface area contributed by atoms with E-state index < -0.39 is 12.6 Å². The van der Waals surface area contributed by atoms with Gasteiger partial charge in [0.05, 0.1) is 0 Å². The maximum Gasteiger partial charge on any atom is 0.389 e. The summed E-state index contributed by atoms with van der Waals surface area (Å²) in [6.45, 7) is 8.42. The van der Waals surface area contributed by atoms with E-state index in [1.165, 1.54) is 17.2 Å². The van der Waals surface area contributed by atoms with Crippen molar-refractivity contribution in [2.45, 2.75) is 57.8 Å². The van der Waals surface area contributed by atoms with E-state index in [0.717, 1.165) is 43.4 Å². The van der Waals surface area contributed by atoms with Crippen molar-refractivity contribution >= 4 is 22.8 Å². The molecular formula is C26H29F3N6. The second-order valence-electron chi connectivity index (χ2n) is 9.08. The molecule has 0 amide bonds. The Hall–Kier alpha value is -3.38. The summed E-state index contributed by atoms with van der Waals surface area (Å²) in [5.41, 5.74) is 4.66. The minimum Gasteiger partial charge on any atom is -0.367 e. The van der Waals surface area contributed by atoms with E-state index in [1.54, 1.807) is 6.20 Å². The van der Waals surface area contributed by atoms with Crippen LogP contribution in [-0.2, 0) is 13.0 Å². The van der Waals surface area contributed by atoms with Gasteiger partial charge in [-0.1, -0.05) is 12.6 Å². The van der Waals surface area contributed by atoms with Crippen LogP contribution in [0, 0.1) is 18.3 Å². The summed E-state index contributed by atoms with van der Waals surface area (Å²) < 4.78 is 37.8. The zero-order chi connectivity index (χ0) is 25.0. The molecule has 0 bridgehead atoms. The number of hydrogen-bond acceptors (Lipinski definition) is 5.